The molecule has 5 heteroatoms. The van der Waals surface area contributed by atoms with E-state index in [4.69, 9.17) is 4.74 Å². The summed E-state index contributed by atoms with van der Waals surface area (Å²) in [5.74, 6) is 0. The lowest BCUT2D eigenvalue weighted by molar-refractivity contribution is 0.140. The van der Waals surface area contributed by atoms with Crippen molar-refractivity contribution in [1.29, 1.82) is 0 Å². The molecule has 0 atom stereocenters. The van der Waals surface area contributed by atoms with Crippen LogP contribution in [0.1, 0.15) is 17.5 Å². The van der Waals surface area contributed by atoms with Crippen LogP contribution in [-0.4, -0.2) is 17.6 Å². The molecule has 0 spiro atoms. The van der Waals surface area contributed by atoms with E-state index in [1.54, 1.807) is 11.3 Å². The van der Waals surface area contributed by atoms with Crippen LogP contribution >= 0.6 is 11.3 Å². The molecule has 0 fully saturated rings. The molecule has 122 valence electrons. The molecule has 1 amide bonds. The summed E-state index contributed by atoms with van der Waals surface area (Å²) in [6, 6.07) is 15.8. The molecule has 1 aromatic heterocycles. The number of amides is 1. The Morgan fingerprint density at radius 2 is 2.08 bits per heavy atom. The van der Waals surface area contributed by atoms with Crippen molar-refractivity contribution in [3.8, 4) is 0 Å². The van der Waals surface area contributed by atoms with Gasteiger partial charge in [-0.15, -0.1) is 11.3 Å². The molecule has 0 aliphatic carbocycles. The fourth-order valence-corrected chi connectivity index (χ4v) is 2.89. The standard InChI is InChI=1S/C19H18N2O2S/c22-19(23-13-16-7-2-1-3-8-16)20-11-5-4-6-15-9-10-18-17(12-15)21-14-24-18/h1-4,6-10,12,14H,5,11,13H2,(H,20,22). The van der Waals surface area contributed by atoms with E-state index in [9.17, 15) is 4.79 Å². The average Bonchev–Trinajstić information content (AvgIpc) is 3.08. The number of nitrogens with one attached hydrogen (secondary N) is 1. The number of aromatic nitrogens is 1. The molecular weight excluding hydrogens is 320 g/mol. The Labute approximate surface area is 144 Å². The van der Waals surface area contributed by atoms with E-state index in [0.717, 1.165) is 23.1 Å². The van der Waals surface area contributed by atoms with Gasteiger partial charge >= 0.3 is 6.09 Å². The molecule has 0 bridgehead atoms. The van der Waals surface area contributed by atoms with Crippen LogP contribution in [0, 0.1) is 0 Å². The van der Waals surface area contributed by atoms with Gasteiger partial charge in [0.25, 0.3) is 0 Å². The van der Waals surface area contributed by atoms with Crippen molar-refractivity contribution in [2.45, 2.75) is 13.0 Å². The molecule has 3 aromatic rings. The summed E-state index contributed by atoms with van der Waals surface area (Å²) < 4.78 is 6.34. The van der Waals surface area contributed by atoms with Crippen LogP contribution in [0.2, 0.25) is 0 Å². The molecular formula is C19H18N2O2S. The number of alkyl carbamates (subject to hydrolysis) is 1. The second-order valence-electron chi connectivity index (χ2n) is 5.26. The van der Waals surface area contributed by atoms with Gasteiger partial charge in [0.05, 0.1) is 15.7 Å². The van der Waals surface area contributed by atoms with Crippen LogP contribution in [0.4, 0.5) is 4.79 Å². The molecule has 3 rings (SSSR count). The van der Waals surface area contributed by atoms with Crippen molar-refractivity contribution < 1.29 is 9.53 Å². The topological polar surface area (TPSA) is 51.2 Å². The number of fused-ring (bicyclic) bond motifs is 1. The Morgan fingerprint density at radius 3 is 2.96 bits per heavy atom. The number of carbonyl (C=O) groups is 1. The fraction of sp³-hybridized carbons (Fsp3) is 0.158. The minimum atomic E-state index is -0.392. The van der Waals surface area contributed by atoms with Crippen LogP contribution in [0.5, 0.6) is 0 Å². The van der Waals surface area contributed by atoms with Gasteiger partial charge < -0.3 is 10.1 Å². The Bertz CT molecular complexity index is 828. The largest absolute Gasteiger partial charge is 0.445 e. The first kappa shape index (κ1) is 16.2. The van der Waals surface area contributed by atoms with Crippen LogP contribution in [-0.2, 0) is 11.3 Å². The van der Waals surface area contributed by atoms with Crippen LogP contribution in [0.15, 0.2) is 60.1 Å². The normalized spacial score (nSPS) is 11.0. The number of benzene rings is 2. The van der Waals surface area contributed by atoms with Crippen LogP contribution in [0.3, 0.4) is 0 Å². The minimum Gasteiger partial charge on any atom is -0.445 e. The highest BCUT2D eigenvalue weighted by Gasteiger charge is 2.01. The molecule has 0 radical (unpaired) electrons. The van der Waals surface area contributed by atoms with Gasteiger partial charge in [-0.3, -0.25) is 0 Å². The molecule has 1 heterocycles. The summed E-state index contributed by atoms with van der Waals surface area (Å²) in [7, 11) is 0. The summed E-state index contributed by atoms with van der Waals surface area (Å²) in [5, 5.41) is 2.74. The third kappa shape index (κ3) is 4.67. The maximum atomic E-state index is 11.6. The van der Waals surface area contributed by atoms with E-state index < -0.39 is 6.09 Å². The Kier molecular flexibility index (Phi) is 5.58. The van der Waals surface area contributed by atoms with Crippen LogP contribution in [0.25, 0.3) is 16.3 Å². The smallest absolute Gasteiger partial charge is 0.407 e. The van der Waals surface area contributed by atoms with E-state index in [0.29, 0.717) is 6.54 Å². The van der Waals surface area contributed by atoms with Gasteiger partial charge in [-0.2, -0.15) is 0 Å². The van der Waals surface area contributed by atoms with E-state index in [1.165, 1.54) is 4.70 Å². The summed E-state index contributed by atoms with van der Waals surface area (Å²) in [5.41, 5.74) is 4.96. The molecule has 0 aliphatic heterocycles. The van der Waals surface area contributed by atoms with Gasteiger partial charge in [0.2, 0.25) is 0 Å². The lowest BCUT2D eigenvalue weighted by Crippen LogP contribution is -2.24. The zero-order valence-corrected chi connectivity index (χ0v) is 14.0. The minimum absolute atomic E-state index is 0.288. The maximum absolute atomic E-state index is 11.6. The zero-order valence-electron chi connectivity index (χ0n) is 13.1. The summed E-state index contributed by atoms with van der Waals surface area (Å²) in [6.07, 6.45) is 4.42. The highest BCUT2D eigenvalue weighted by atomic mass is 32.1. The van der Waals surface area contributed by atoms with Crippen molar-refractivity contribution in [2.75, 3.05) is 6.54 Å². The SMILES string of the molecule is O=C(NCCC=Cc1ccc2scnc2c1)OCc1ccccc1. The summed E-state index contributed by atoms with van der Waals surface area (Å²) in [6.45, 7) is 0.833. The maximum Gasteiger partial charge on any atom is 0.407 e. The quantitative estimate of drug-likeness (QED) is 0.667. The van der Waals surface area contributed by atoms with E-state index in [-0.39, 0.29) is 6.61 Å². The highest BCUT2D eigenvalue weighted by Crippen LogP contribution is 2.19. The number of carbonyl (C=O) groups excluding carboxylic acids is 1. The number of thiazole rings is 1. The molecule has 24 heavy (non-hydrogen) atoms. The molecule has 2 aromatic carbocycles. The first-order valence-electron chi connectivity index (χ1n) is 7.75. The second kappa shape index (κ2) is 8.26. The lowest BCUT2D eigenvalue weighted by atomic mass is 10.2. The zero-order chi connectivity index (χ0) is 16.6. The van der Waals surface area contributed by atoms with Crippen LogP contribution < -0.4 is 5.32 Å². The third-order valence-electron chi connectivity index (χ3n) is 3.46. The molecule has 0 unspecified atom stereocenters. The van der Waals surface area contributed by atoms with Crippen molar-refractivity contribution >= 4 is 33.7 Å². The highest BCUT2D eigenvalue weighted by molar-refractivity contribution is 7.16. The van der Waals surface area contributed by atoms with E-state index >= 15 is 0 Å². The number of nitrogens with zero attached hydrogens (tertiary/aromatic N) is 1. The number of ether oxygens (including phenoxy) is 1. The molecule has 0 aliphatic rings. The predicted octanol–water partition coefficient (Wildman–Crippen LogP) is 4.63. The van der Waals surface area contributed by atoms with Crippen molar-refractivity contribution in [2.24, 2.45) is 0 Å². The second-order valence-corrected chi connectivity index (χ2v) is 6.15. The predicted molar refractivity (Wildman–Crippen MR) is 97.9 cm³/mol. The van der Waals surface area contributed by atoms with E-state index in [1.807, 2.05) is 48.0 Å². The van der Waals surface area contributed by atoms with Gasteiger partial charge in [0.15, 0.2) is 0 Å². The molecule has 4 nitrogen and oxygen atoms in total. The Hall–Kier alpha value is -2.66. The molecule has 0 saturated heterocycles. The van der Waals surface area contributed by atoms with Gasteiger partial charge in [0.1, 0.15) is 6.61 Å². The van der Waals surface area contributed by atoms with Crippen molar-refractivity contribution in [1.82, 2.24) is 10.3 Å². The molecule has 0 saturated carbocycles. The number of hydrogen-bond acceptors (Lipinski definition) is 4. The number of rotatable bonds is 6. The van der Waals surface area contributed by atoms with Gasteiger partial charge in [-0.25, -0.2) is 9.78 Å². The van der Waals surface area contributed by atoms with Gasteiger partial charge in [-0.1, -0.05) is 48.6 Å². The van der Waals surface area contributed by atoms with E-state index in [2.05, 4.69) is 28.5 Å². The summed E-state index contributed by atoms with van der Waals surface area (Å²) >= 11 is 1.64. The van der Waals surface area contributed by atoms with Gasteiger partial charge in [-0.05, 0) is 29.7 Å². The monoisotopic (exact) mass is 338 g/mol. The average molecular weight is 338 g/mol. The molecule has 1 N–H and O–H groups in total. The Balaban J connectivity index is 1.37. The first-order chi connectivity index (χ1) is 11.8. The Morgan fingerprint density at radius 1 is 1.21 bits per heavy atom. The fourth-order valence-electron chi connectivity index (χ4n) is 2.23. The number of hydrogen-bond donors (Lipinski definition) is 1. The lowest BCUT2D eigenvalue weighted by Gasteiger charge is -2.05. The van der Waals surface area contributed by atoms with Gasteiger partial charge in [0, 0.05) is 6.54 Å². The van der Waals surface area contributed by atoms with Crippen molar-refractivity contribution in [3.63, 3.8) is 0 Å². The third-order valence-corrected chi connectivity index (χ3v) is 4.27. The summed E-state index contributed by atoms with van der Waals surface area (Å²) in [4.78, 5) is 15.9. The van der Waals surface area contributed by atoms with Crippen molar-refractivity contribution in [3.05, 3.63) is 71.2 Å². The first-order valence-corrected chi connectivity index (χ1v) is 8.63.